The maximum absolute atomic E-state index is 9.70. The molecule has 4 N–H and O–H groups in total. The largest absolute Gasteiger partial charge is 0.377 e. The highest BCUT2D eigenvalue weighted by Gasteiger charge is 2.14. The fraction of sp³-hybridized carbons (Fsp3) is 0.0833. The summed E-state index contributed by atoms with van der Waals surface area (Å²) in [6.07, 6.45) is 3.39. The standard InChI is InChI=1S/C24H19N7/c1-14(15-5-3-2-4-6-15)29-22-18(11-25)13-27-20-8-7-16(9-19(20)22)17-10-21-23(28-12-17)31-24(26)30-21/h2-10,12-14H,1H3,(H,27,29)(H3,26,28,30,31). The number of aromatic nitrogens is 4. The lowest BCUT2D eigenvalue weighted by molar-refractivity contribution is 0.885. The molecule has 5 rings (SSSR count). The molecule has 0 saturated heterocycles. The van der Waals surface area contributed by atoms with Crippen LogP contribution >= 0.6 is 0 Å². The molecule has 0 spiro atoms. The van der Waals surface area contributed by atoms with Gasteiger partial charge in [0.05, 0.1) is 16.8 Å². The summed E-state index contributed by atoms with van der Waals surface area (Å²) in [5.41, 5.74) is 12.2. The average Bonchev–Trinajstić information content (AvgIpc) is 3.18. The second kappa shape index (κ2) is 7.43. The summed E-state index contributed by atoms with van der Waals surface area (Å²) in [6.45, 7) is 2.08. The zero-order valence-electron chi connectivity index (χ0n) is 16.8. The lowest BCUT2D eigenvalue weighted by Crippen LogP contribution is -2.08. The number of pyridine rings is 2. The highest BCUT2D eigenvalue weighted by Crippen LogP contribution is 2.33. The molecule has 7 heteroatoms. The summed E-state index contributed by atoms with van der Waals surface area (Å²) in [7, 11) is 0. The number of nitrogen functional groups attached to an aromatic ring is 1. The summed E-state index contributed by atoms with van der Waals surface area (Å²) in [5, 5.41) is 14.1. The van der Waals surface area contributed by atoms with Crippen LogP contribution in [0.15, 0.2) is 67.0 Å². The minimum atomic E-state index is 0.0209. The molecule has 3 aromatic heterocycles. The van der Waals surface area contributed by atoms with Crippen molar-refractivity contribution >= 4 is 33.7 Å². The van der Waals surface area contributed by atoms with E-state index < -0.39 is 0 Å². The second-order valence-electron chi connectivity index (χ2n) is 7.38. The smallest absolute Gasteiger partial charge is 0.199 e. The number of nitriles is 1. The number of H-pyrrole nitrogens is 1. The van der Waals surface area contributed by atoms with E-state index >= 15 is 0 Å². The number of hydrogen-bond donors (Lipinski definition) is 3. The van der Waals surface area contributed by atoms with Crippen LogP contribution < -0.4 is 11.1 Å². The molecule has 1 unspecified atom stereocenters. The number of aromatic amines is 1. The van der Waals surface area contributed by atoms with Crippen molar-refractivity contribution < 1.29 is 0 Å². The van der Waals surface area contributed by atoms with E-state index in [-0.39, 0.29) is 6.04 Å². The van der Waals surface area contributed by atoms with Gasteiger partial charge in [-0.1, -0.05) is 36.4 Å². The van der Waals surface area contributed by atoms with Crippen LogP contribution in [0, 0.1) is 11.3 Å². The maximum Gasteiger partial charge on any atom is 0.199 e. The van der Waals surface area contributed by atoms with Gasteiger partial charge >= 0.3 is 0 Å². The van der Waals surface area contributed by atoms with Crippen molar-refractivity contribution in [1.82, 2.24) is 19.9 Å². The zero-order valence-corrected chi connectivity index (χ0v) is 16.8. The number of anilines is 2. The Bertz CT molecular complexity index is 1450. The third-order valence-electron chi connectivity index (χ3n) is 5.34. The van der Waals surface area contributed by atoms with Gasteiger partial charge in [-0.15, -0.1) is 0 Å². The molecule has 0 fully saturated rings. The molecule has 0 aliphatic rings. The summed E-state index contributed by atoms with van der Waals surface area (Å²) >= 11 is 0. The second-order valence-corrected chi connectivity index (χ2v) is 7.38. The molecule has 7 nitrogen and oxygen atoms in total. The van der Waals surface area contributed by atoms with Gasteiger partial charge < -0.3 is 16.0 Å². The number of nitrogens with one attached hydrogen (secondary N) is 2. The van der Waals surface area contributed by atoms with Crippen molar-refractivity contribution in [3.63, 3.8) is 0 Å². The summed E-state index contributed by atoms with van der Waals surface area (Å²) in [6, 6.07) is 20.3. The monoisotopic (exact) mass is 405 g/mol. The van der Waals surface area contributed by atoms with Gasteiger partial charge in [0.2, 0.25) is 0 Å². The van der Waals surface area contributed by atoms with Gasteiger partial charge in [-0.2, -0.15) is 5.26 Å². The summed E-state index contributed by atoms with van der Waals surface area (Å²) in [5.74, 6) is 0.336. The molecule has 0 aliphatic heterocycles. The maximum atomic E-state index is 9.70. The number of fused-ring (bicyclic) bond motifs is 2. The minimum absolute atomic E-state index is 0.0209. The summed E-state index contributed by atoms with van der Waals surface area (Å²) in [4.78, 5) is 16.1. The predicted molar refractivity (Wildman–Crippen MR) is 122 cm³/mol. The Morgan fingerprint density at radius 3 is 2.65 bits per heavy atom. The Labute approximate surface area is 178 Å². The number of benzene rings is 2. The minimum Gasteiger partial charge on any atom is -0.377 e. The topological polar surface area (TPSA) is 116 Å². The third-order valence-corrected chi connectivity index (χ3v) is 5.34. The zero-order chi connectivity index (χ0) is 21.4. The Morgan fingerprint density at radius 1 is 1.00 bits per heavy atom. The Morgan fingerprint density at radius 2 is 1.84 bits per heavy atom. The van der Waals surface area contributed by atoms with Gasteiger partial charge in [-0.05, 0) is 36.2 Å². The molecular weight excluding hydrogens is 386 g/mol. The quantitative estimate of drug-likeness (QED) is 0.395. The van der Waals surface area contributed by atoms with E-state index in [1.807, 2.05) is 42.5 Å². The van der Waals surface area contributed by atoms with Crippen molar-refractivity contribution in [3.05, 3.63) is 78.1 Å². The van der Waals surface area contributed by atoms with Gasteiger partial charge in [0.25, 0.3) is 0 Å². The highest BCUT2D eigenvalue weighted by molar-refractivity contribution is 5.97. The number of rotatable bonds is 4. The van der Waals surface area contributed by atoms with Gasteiger partial charge in [-0.25, -0.2) is 9.97 Å². The molecule has 0 aliphatic carbocycles. The van der Waals surface area contributed by atoms with Gasteiger partial charge in [-0.3, -0.25) is 4.98 Å². The Kier molecular flexibility index (Phi) is 4.45. The molecule has 0 radical (unpaired) electrons. The molecule has 2 aromatic carbocycles. The molecule has 150 valence electrons. The molecule has 0 bridgehead atoms. The van der Waals surface area contributed by atoms with Crippen LogP contribution in [0.25, 0.3) is 33.2 Å². The lowest BCUT2D eigenvalue weighted by atomic mass is 10.0. The molecule has 0 saturated carbocycles. The van der Waals surface area contributed by atoms with E-state index in [2.05, 4.69) is 50.4 Å². The molecular formula is C24H19N7. The van der Waals surface area contributed by atoms with Gasteiger partial charge in [0.15, 0.2) is 11.6 Å². The van der Waals surface area contributed by atoms with Crippen molar-refractivity contribution in [1.29, 1.82) is 5.26 Å². The first-order valence-corrected chi connectivity index (χ1v) is 9.88. The van der Waals surface area contributed by atoms with Crippen molar-refractivity contribution in [2.24, 2.45) is 0 Å². The van der Waals surface area contributed by atoms with Crippen LogP contribution in [-0.4, -0.2) is 19.9 Å². The third kappa shape index (κ3) is 3.40. The highest BCUT2D eigenvalue weighted by atomic mass is 15.1. The van der Waals surface area contributed by atoms with Crippen LogP contribution in [0.3, 0.4) is 0 Å². The number of nitrogens with two attached hydrogens (primary N) is 1. The summed E-state index contributed by atoms with van der Waals surface area (Å²) < 4.78 is 0. The fourth-order valence-electron chi connectivity index (χ4n) is 3.73. The van der Waals surface area contributed by atoms with Gasteiger partial charge in [0, 0.05) is 29.4 Å². The van der Waals surface area contributed by atoms with Crippen LogP contribution in [0.2, 0.25) is 0 Å². The van der Waals surface area contributed by atoms with Crippen molar-refractivity contribution in [3.8, 4) is 17.2 Å². The van der Waals surface area contributed by atoms with E-state index in [4.69, 9.17) is 5.73 Å². The molecule has 1 atom stereocenters. The molecule has 31 heavy (non-hydrogen) atoms. The van der Waals surface area contributed by atoms with E-state index in [1.54, 1.807) is 12.4 Å². The Hall–Kier alpha value is -4.44. The van der Waals surface area contributed by atoms with Crippen molar-refractivity contribution in [2.75, 3.05) is 11.1 Å². The predicted octanol–water partition coefficient (Wildman–Crippen LogP) is 4.80. The molecule has 0 amide bonds. The van der Waals surface area contributed by atoms with Crippen molar-refractivity contribution in [2.45, 2.75) is 13.0 Å². The van der Waals surface area contributed by atoms with E-state index in [0.29, 0.717) is 22.7 Å². The first kappa shape index (κ1) is 18.6. The van der Waals surface area contributed by atoms with E-state index in [1.165, 1.54) is 0 Å². The lowest BCUT2D eigenvalue weighted by Gasteiger charge is -2.18. The SMILES string of the molecule is CC(Nc1c(C#N)cnc2ccc(-c3cnc4[nH]c(N)nc4c3)cc12)c1ccccc1. The van der Waals surface area contributed by atoms with E-state index in [9.17, 15) is 5.26 Å². The van der Waals surface area contributed by atoms with Crippen LogP contribution in [0.4, 0.5) is 11.6 Å². The van der Waals surface area contributed by atoms with Crippen LogP contribution in [-0.2, 0) is 0 Å². The normalized spacial score (nSPS) is 12.0. The van der Waals surface area contributed by atoms with E-state index in [0.717, 1.165) is 33.3 Å². The number of hydrogen-bond acceptors (Lipinski definition) is 6. The molecule has 5 aromatic rings. The number of imidazole rings is 1. The fourth-order valence-corrected chi connectivity index (χ4v) is 3.73. The van der Waals surface area contributed by atoms with Crippen LogP contribution in [0.5, 0.6) is 0 Å². The Balaban J connectivity index is 1.62. The first-order valence-electron chi connectivity index (χ1n) is 9.88. The van der Waals surface area contributed by atoms with Gasteiger partial charge in [0.1, 0.15) is 11.6 Å². The first-order chi connectivity index (χ1) is 15.1. The molecule has 3 heterocycles. The number of nitrogens with zero attached hydrogens (tertiary/aromatic N) is 4. The average molecular weight is 405 g/mol. The van der Waals surface area contributed by atoms with Crippen LogP contribution in [0.1, 0.15) is 24.1 Å².